The molecule has 1 fully saturated rings. The van der Waals surface area contributed by atoms with E-state index in [1.807, 2.05) is 0 Å². The molecular weight excluding hydrogens is 186 g/mol. The number of piperidine rings is 1. The molecule has 0 amide bonds. The van der Waals surface area contributed by atoms with Gasteiger partial charge in [-0.1, -0.05) is 0 Å². The Labute approximate surface area is 90.9 Å². The van der Waals surface area contributed by atoms with E-state index in [0.29, 0.717) is 6.04 Å². The van der Waals surface area contributed by atoms with Gasteiger partial charge in [0.1, 0.15) is 0 Å². The van der Waals surface area contributed by atoms with Gasteiger partial charge in [0.2, 0.25) is 0 Å². The monoisotopic (exact) mass is 205 g/mol. The molecule has 2 aliphatic rings. The highest BCUT2D eigenvalue weighted by atomic mass is 15.1. The zero-order chi connectivity index (χ0) is 10.5. The first-order chi connectivity index (χ1) is 7.22. The highest BCUT2D eigenvalue weighted by Gasteiger charge is 2.46. The first kappa shape index (κ1) is 9.43. The highest BCUT2D eigenvalue weighted by Crippen LogP contribution is 2.42. The zero-order valence-electron chi connectivity index (χ0n) is 9.32. The van der Waals surface area contributed by atoms with E-state index < -0.39 is 0 Å². The Morgan fingerprint density at radius 2 is 2.13 bits per heavy atom. The van der Waals surface area contributed by atoms with Gasteiger partial charge in [0.05, 0.1) is 0 Å². The second kappa shape index (κ2) is 3.09. The Morgan fingerprint density at radius 1 is 1.40 bits per heavy atom. The minimum atomic E-state index is 0.274. The number of rotatable bonds is 0. The second-order valence-electron chi connectivity index (χ2n) is 5.11. The third-order valence-corrected chi connectivity index (χ3v) is 4.32. The number of fused-ring (bicyclic) bond motifs is 2. The molecule has 2 aliphatic heterocycles. The van der Waals surface area contributed by atoms with Gasteiger partial charge in [0, 0.05) is 29.9 Å². The molecule has 3 heterocycles. The summed E-state index contributed by atoms with van der Waals surface area (Å²) in [4.78, 5) is 2.41. The van der Waals surface area contributed by atoms with Crippen LogP contribution in [0.15, 0.2) is 18.3 Å². The SMILES string of the molecule is CN1CCC2(CC1)c1cccn1C[C@H]2N. The molecule has 1 atom stereocenters. The van der Waals surface area contributed by atoms with Crippen LogP contribution < -0.4 is 5.73 Å². The topological polar surface area (TPSA) is 34.2 Å². The molecule has 1 spiro atoms. The van der Waals surface area contributed by atoms with Crippen molar-refractivity contribution in [1.82, 2.24) is 9.47 Å². The maximum Gasteiger partial charge on any atom is 0.0383 e. The summed E-state index contributed by atoms with van der Waals surface area (Å²) in [7, 11) is 2.20. The smallest absolute Gasteiger partial charge is 0.0383 e. The summed E-state index contributed by atoms with van der Waals surface area (Å²) in [6.45, 7) is 3.36. The van der Waals surface area contributed by atoms with Crippen LogP contribution in [0.25, 0.3) is 0 Å². The molecule has 15 heavy (non-hydrogen) atoms. The quantitative estimate of drug-likeness (QED) is 0.679. The van der Waals surface area contributed by atoms with Gasteiger partial charge in [0.25, 0.3) is 0 Å². The van der Waals surface area contributed by atoms with Crippen molar-refractivity contribution in [2.24, 2.45) is 5.73 Å². The first-order valence-electron chi connectivity index (χ1n) is 5.82. The lowest BCUT2D eigenvalue weighted by Crippen LogP contribution is -2.49. The van der Waals surface area contributed by atoms with Crippen LogP contribution in [-0.2, 0) is 12.0 Å². The standard InChI is InChI=1S/C12H19N3/c1-14-7-4-12(5-8-14)10(13)9-15-6-2-3-11(12)15/h2-3,6,10H,4-5,7-9,13H2,1H3/t10-/m1/s1. The fourth-order valence-electron chi connectivity index (χ4n) is 3.25. The van der Waals surface area contributed by atoms with Crippen LogP contribution in [0.1, 0.15) is 18.5 Å². The lowest BCUT2D eigenvalue weighted by molar-refractivity contribution is 0.172. The van der Waals surface area contributed by atoms with E-state index in [-0.39, 0.29) is 5.41 Å². The van der Waals surface area contributed by atoms with E-state index in [1.165, 1.54) is 31.6 Å². The minimum Gasteiger partial charge on any atom is -0.349 e. The van der Waals surface area contributed by atoms with Gasteiger partial charge in [-0.15, -0.1) is 0 Å². The van der Waals surface area contributed by atoms with Gasteiger partial charge in [-0.2, -0.15) is 0 Å². The van der Waals surface area contributed by atoms with Crippen molar-refractivity contribution < 1.29 is 0 Å². The molecular formula is C12H19N3. The van der Waals surface area contributed by atoms with Crippen LogP contribution in [0.3, 0.4) is 0 Å². The number of hydrogen-bond acceptors (Lipinski definition) is 2. The van der Waals surface area contributed by atoms with Gasteiger partial charge < -0.3 is 15.2 Å². The summed E-state index contributed by atoms with van der Waals surface area (Å²) in [6.07, 6.45) is 4.60. The van der Waals surface area contributed by atoms with Crippen LogP contribution in [0.2, 0.25) is 0 Å². The van der Waals surface area contributed by atoms with Gasteiger partial charge in [-0.05, 0) is 45.1 Å². The Hall–Kier alpha value is -0.800. The van der Waals surface area contributed by atoms with E-state index in [4.69, 9.17) is 5.73 Å². The molecule has 0 aliphatic carbocycles. The number of likely N-dealkylation sites (tertiary alicyclic amines) is 1. The van der Waals surface area contributed by atoms with Gasteiger partial charge in [-0.3, -0.25) is 0 Å². The van der Waals surface area contributed by atoms with Crippen molar-refractivity contribution in [1.29, 1.82) is 0 Å². The molecule has 82 valence electrons. The summed E-state index contributed by atoms with van der Waals surface area (Å²) in [6, 6.07) is 4.74. The van der Waals surface area contributed by atoms with Crippen molar-refractivity contribution in [3.05, 3.63) is 24.0 Å². The molecule has 3 rings (SSSR count). The van der Waals surface area contributed by atoms with E-state index in [1.54, 1.807) is 0 Å². The highest BCUT2D eigenvalue weighted by molar-refractivity contribution is 5.28. The summed E-state index contributed by atoms with van der Waals surface area (Å²) in [5.41, 5.74) is 8.09. The van der Waals surface area contributed by atoms with Crippen molar-refractivity contribution in [3.63, 3.8) is 0 Å². The van der Waals surface area contributed by atoms with Crippen LogP contribution >= 0.6 is 0 Å². The average Bonchev–Trinajstić information content (AvgIpc) is 2.75. The predicted octanol–water partition coefficient (Wildman–Crippen LogP) is 0.792. The van der Waals surface area contributed by atoms with Crippen LogP contribution in [0.5, 0.6) is 0 Å². The molecule has 0 radical (unpaired) electrons. The molecule has 0 aromatic carbocycles. The Balaban J connectivity index is 1.97. The summed E-state index contributed by atoms with van der Waals surface area (Å²) in [5, 5.41) is 0. The summed E-state index contributed by atoms with van der Waals surface area (Å²) >= 11 is 0. The third-order valence-electron chi connectivity index (χ3n) is 4.32. The molecule has 0 saturated carbocycles. The zero-order valence-corrected chi connectivity index (χ0v) is 9.32. The number of nitrogens with two attached hydrogens (primary N) is 1. The van der Waals surface area contributed by atoms with Gasteiger partial charge in [0.15, 0.2) is 0 Å². The predicted molar refractivity (Wildman–Crippen MR) is 60.8 cm³/mol. The van der Waals surface area contributed by atoms with E-state index >= 15 is 0 Å². The first-order valence-corrected chi connectivity index (χ1v) is 5.82. The second-order valence-corrected chi connectivity index (χ2v) is 5.11. The number of hydrogen-bond donors (Lipinski definition) is 1. The molecule has 1 aromatic rings. The normalized spacial score (nSPS) is 29.6. The van der Waals surface area contributed by atoms with E-state index in [9.17, 15) is 0 Å². The lowest BCUT2D eigenvalue weighted by Gasteiger charge is -2.40. The Kier molecular flexibility index (Phi) is 1.94. The molecule has 2 N–H and O–H groups in total. The van der Waals surface area contributed by atoms with Crippen molar-refractivity contribution in [3.8, 4) is 0 Å². The molecule has 0 bridgehead atoms. The largest absolute Gasteiger partial charge is 0.349 e. The number of aromatic nitrogens is 1. The third kappa shape index (κ3) is 1.20. The summed E-state index contributed by atoms with van der Waals surface area (Å²) < 4.78 is 2.34. The molecule has 3 heteroatoms. The lowest BCUT2D eigenvalue weighted by atomic mass is 9.72. The van der Waals surface area contributed by atoms with E-state index in [2.05, 4.69) is 34.8 Å². The maximum atomic E-state index is 6.35. The number of nitrogens with zero attached hydrogens (tertiary/aromatic N) is 2. The maximum absolute atomic E-state index is 6.35. The average molecular weight is 205 g/mol. The molecule has 3 nitrogen and oxygen atoms in total. The minimum absolute atomic E-state index is 0.274. The van der Waals surface area contributed by atoms with Gasteiger partial charge in [-0.25, -0.2) is 0 Å². The molecule has 1 saturated heterocycles. The molecule has 0 unspecified atom stereocenters. The molecule has 1 aromatic heterocycles. The van der Waals surface area contributed by atoms with Crippen LogP contribution in [0, 0.1) is 0 Å². The van der Waals surface area contributed by atoms with Crippen LogP contribution in [0.4, 0.5) is 0 Å². The summed E-state index contributed by atoms with van der Waals surface area (Å²) in [5.74, 6) is 0. The fraction of sp³-hybridized carbons (Fsp3) is 0.667. The fourth-order valence-corrected chi connectivity index (χ4v) is 3.25. The van der Waals surface area contributed by atoms with Crippen molar-refractivity contribution >= 4 is 0 Å². The van der Waals surface area contributed by atoms with E-state index in [0.717, 1.165) is 6.54 Å². The van der Waals surface area contributed by atoms with Gasteiger partial charge >= 0.3 is 0 Å². The van der Waals surface area contributed by atoms with Crippen molar-refractivity contribution in [2.45, 2.75) is 30.8 Å². The Bertz CT molecular complexity index is 361. The Morgan fingerprint density at radius 3 is 2.87 bits per heavy atom. The van der Waals surface area contributed by atoms with Crippen molar-refractivity contribution in [2.75, 3.05) is 20.1 Å². The van der Waals surface area contributed by atoms with Crippen LogP contribution in [-0.4, -0.2) is 35.6 Å².